The number of nitrogens with one attached hydrogen (secondary N) is 2. The van der Waals surface area contributed by atoms with Crippen molar-refractivity contribution < 1.29 is 38.0 Å². The molecule has 0 spiro atoms. The van der Waals surface area contributed by atoms with Crippen molar-refractivity contribution in [2.75, 3.05) is 42.7 Å². The van der Waals surface area contributed by atoms with Crippen LogP contribution in [0.1, 0.15) is 83.2 Å². The minimum atomic E-state index is -0.212. The van der Waals surface area contributed by atoms with E-state index in [1.54, 1.807) is 42.7 Å². The van der Waals surface area contributed by atoms with Gasteiger partial charge in [-0.15, -0.1) is 0 Å². The molecule has 0 aromatic heterocycles. The molecule has 50 heavy (non-hydrogen) atoms. The molecule has 4 aromatic rings. The number of amides is 2. The molecule has 0 bridgehead atoms. The van der Waals surface area contributed by atoms with Gasteiger partial charge in [-0.05, 0) is 74.9 Å². The molecule has 0 radical (unpaired) electrons. The number of ether oxygens (including phenoxy) is 6. The first kappa shape index (κ1) is 35.0. The van der Waals surface area contributed by atoms with E-state index in [0.717, 1.165) is 73.6 Å². The summed E-state index contributed by atoms with van der Waals surface area (Å²) in [5, 5.41) is 9.21. The van der Waals surface area contributed by atoms with Crippen molar-refractivity contribution in [1.82, 2.24) is 10.6 Å². The Morgan fingerprint density at radius 1 is 0.500 bits per heavy atom. The summed E-state index contributed by atoms with van der Waals surface area (Å²) in [7, 11) is 9.45. The predicted molar refractivity (Wildman–Crippen MR) is 195 cm³/mol. The van der Waals surface area contributed by atoms with Gasteiger partial charge >= 0.3 is 0 Å². The van der Waals surface area contributed by atoms with E-state index in [1.165, 1.54) is 0 Å². The zero-order valence-corrected chi connectivity index (χ0v) is 30.4. The number of rotatable bonds is 11. The number of carbonyl (C=O) groups is 2. The van der Waals surface area contributed by atoms with E-state index in [0.29, 0.717) is 67.2 Å². The van der Waals surface area contributed by atoms with Crippen molar-refractivity contribution in [1.29, 1.82) is 0 Å². The molecule has 6 rings (SSSR count). The summed E-state index contributed by atoms with van der Waals surface area (Å²) in [6, 6.07) is 7.92. The van der Waals surface area contributed by atoms with Gasteiger partial charge in [-0.1, -0.05) is 25.7 Å². The van der Waals surface area contributed by atoms with Crippen LogP contribution in [0.2, 0.25) is 0 Å². The van der Waals surface area contributed by atoms with Gasteiger partial charge in [0.2, 0.25) is 0 Å². The number of benzene rings is 4. The molecule has 266 valence electrons. The lowest BCUT2D eigenvalue weighted by atomic mass is 9.87. The van der Waals surface area contributed by atoms with Gasteiger partial charge in [0.15, 0.2) is 23.0 Å². The maximum absolute atomic E-state index is 14.0. The Morgan fingerprint density at radius 2 is 0.840 bits per heavy atom. The largest absolute Gasteiger partial charge is 0.495 e. The molecule has 0 unspecified atom stereocenters. The van der Waals surface area contributed by atoms with Crippen LogP contribution in [-0.4, -0.2) is 66.6 Å². The summed E-state index contributed by atoms with van der Waals surface area (Å²) in [4.78, 5) is 28.0. The van der Waals surface area contributed by atoms with Gasteiger partial charge in [0.25, 0.3) is 11.8 Å². The van der Waals surface area contributed by atoms with Crippen molar-refractivity contribution in [2.45, 2.75) is 77.3 Å². The summed E-state index contributed by atoms with van der Waals surface area (Å²) < 4.78 is 35.6. The Hall–Kier alpha value is -4.86. The van der Waals surface area contributed by atoms with Gasteiger partial charge in [-0.25, -0.2) is 0 Å². The first-order valence-corrected chi connectivity index (χ1v) is 17.4. The maximum Gasteiger partial charge on any atom is 0.256 e. The number of methoxy groups -OCH3 is 6. The van der Waals surface area contributed by atoms with Crippen molar-refractivity contribution in [2.24, 2.45) is 0 Å². The molecule has 2 N–H and O–H groups in total. The highest BCUT2D eigenvalue weighted by molar-refractivity contribution is 6.16. The number of carbonyl (C=O) groups excluding carboxylic acids is 2. The topological polar surface area (TPSA) is 114 Å². The van der Waals surface area contributed by atoms with E-state index in [2.05, 4.69) is 10.6 Å². The zero-order valence-electron chi connectivity index (χ0n) is 30.4. The normalized spacial score (nSPS) is 15.0. The number of fused-ring (bicyclic) bond motifs is 2. The molecule has 10 heteroatoms. The molecule has 2 saturated carbocycles. The van der Waals surface area contributed by atoms with Gasteiger partial charge in [-0.3, -0.25) is 9.59 Å². The molecule has 10 nitrogen and oxygen atoms in total. The molecule has 2 amide bonds. The number of hydrogen-bond acceptors (Lipinski definition) is 8. The second-order valence-corrected chi connectivity index (χ2v) is 13.3. The molecule has 2 fully saturated rings. The van der Waals surface area contributed by atoms with Gasteiger partial charge < -0.3 is 39.1 Å². The third-order valence-electron chi connectivity index (χ3n) is 10.4. The fourth-order valence-corrected chi connectivity index (χ4v) is 8.05. The maximum atomic E-state index is 14.0. The number of aryl methyl sites for hydroxylation is 2. The highest BCUT2D eigenvalue weighted by Crippen LogP contribution is 2.52. The van der Waals surface area contributed by atoms with Crippen LogP contribution in [-0.2, 0) is 0 Å². The smallest absolute Gasteiger partial charge is 0.256 e. The summed E-state index contributed by atoms with van der Waals surface area (Å²) >= 11 is 0. The molecular formula is C40H48N2O8. The third kappa shape index (κ3) is 5.98. The molecule has 0 aliphatic heterocycles. The lowest BCUT2D eigenvalue weighted by Crippen LogP contribution is -2.33. The Balaban J connectivity index is 1.63. The quantitative estimate of drug-likeness (QED) is 0.166. The van der Waals surface area contributed by atoms with Crippen molar-refractivity contribution in [3.8, 4) is 45.6 Å². The predicted octanol–water partition coefficient (Wildman–Crippen LogP) is 7.67. The molecule has 0 saturated heterocycles. The average Bonchev–Trinajstić information content (AvgIpc) is 3.83. The molecule has 0 atom stereocenters. The molecule has 2 aliphatic carbocycles. The lowest BCUT2D eigenvalue weighted by molar-refractivity contribution is 0.0927. The monoisotopic (exact) mass is 684 g/mol. The Kier molecular flexibility index (Phi) is 10.2. The number of hydrogen-bond donors (Lipinski definition) is 2. The zero-order chi connectivity index (χ0) is 35.7. The van der Waals surface area contributed by atoms with Crippen molar-refractivity contribution >= 4 is 33.4 Å². The van der Waals surface area contributed by atoms with Crippen LogP contribution in [0.5, 0.6) is 34.5 Å². The highest BCUT2D eigenvalue weighted by atomic mass is 16.5. The molecule has 2 aliphatic rings. The first-order chi connectivity index (χ1) is 24.2. The summed E-state index contributed by atoms with van der Waals surface area (Å²) in [5.41, 5.74) is 4.10. The lowest BCUT2D eigenvalue weighted by Gasteiger charge is -2.24. The fourth-order valence-electron chi connectivity index (χ4n) is 8.05. The molecule has 0 heterocycles. The second kappa shape index (κ2) is 14.5. The molecular weight excluding hydrogens is 636 g/mol. The first-order valence-electron chi connectivity index (χ1n) is 17.4. The van der Waals surface area contributed by atoms with Crippen LogP contribution in [0.3, 0.4) is 0 Å². The SMILES string of the molecule is COc1cc2c(OC)c(-c3c(C)cc4c(C(=O)NC5CCCC5)c(OC)c(OC)cc4c3OC)c(C)cc2c(C(=O)NC2CCCC2)c1OC. The van der Waals surface area contributed by atoms with E-state index in [1.807, 2.05) is 38.1 Å². The van der Waals surface area contributed by atoms with E-state index in [4.69, 9.17) is 28.4 Å². The van der Waals surface area contributed by atoms with Crippen molar-refractivity contribution in [3.63, 3.8) is 0 Å². The molecule has 4 aromatic carbocycles. The summed E-state index contributed by atoms with van der Waals surface area (Å²) in [6.45, 7) is 3.98. The van der Waals surface area contributed by atoms with Gasteiger partial charge in [0.1, 0.15) is 11.5 Å². The van der Waals surface area contributed by atoms with Gasteiger partial charge in [0, 0.05) is 44.8 Å². The summed E-state index contributed by atoms with van der Waals surface area (Å²) in [6.07, 6.45) is 8.17. The Bertz CT molecular complexity index is 1820. The highest BCUT2D eigenvalue weighted by Gasteiger charge is 2.31. The third-order valence-corrected chi connectivity index (χ3v) is 10.4. The van der Waals surface area contributed by atoms with E-state index >= 15 is 0 Å². The minimum Gasteiger partial charge on any atom is -0.495 e. The van der Waals surface area contributed by atoms with Crippen LogP contribution in [0, 0.1) is 13.8 Å². The van der Waals surface area contributed by atoms with Crippen molar-refractivity contribution in [3.05, 3.63) is 46.5 Å². The fraction of sp³-hybridized carbons (Fsp3) is 0.450. The van der Waals surface area contributed by atoms with Crippen LogP contribution in [0.15, 0.2) is 24.3 Å². The Labute approximate surface area is 293 Å². The van der Waals surface area contributed by atoms with Crippen LogP contribution >= 0.6 is 0 Å². The second-order valence-electron chi connectivity index (χ2n) is 13.3. The van der Waals surface area contributed by atoms with Gasteiger partial charge in [0.05, 0.1) is 53.8 Å². The average molecular weight is 685 g/mol. The van der Waals surface area contributed by atoms with Crippen LogP contribution < -0.4 is 39.1 Å². The standard InChI is InChI=1S/C40H48N2O8/c1-21-17-25-27(19-29(45-3)37(49-7)33(25)39(43)41-23-13-9-10-14-23)35(47-5)31(21)32-22(2)18-26-28(36(32)48-6)20-30(46-4)38(50-8)34(26)40(44)42-24-15-11-12-16-24/h17-20,23-24H,9-16H2,1-8H3,(H,41,43)(H,42,44). The van der Waals surface area contributed by atoms with Gasteiger partial charge in [-0.2, -0.15) is 0 Å². The summed E-state index contributed by atoms with van der Waals surface area (Å²) in [5.74, 6) is 2.25. The van der Waals surface area contributed by atoms with Crippen LogP contribution in [0.25, 0.3) is 32.7 Å². The van der Waals surface area contributed by atoms with E-state index in [9.17, 15) is 9.59 Å². The van der Waals surface area contributed by atoms with E-state index in [-0.39, 0.29) is 23.9 Å². The van der Waals surface area contributed by atoms with E-state index < -0.39 is 0 Å². The Morgan fingerprint density at radius 3 is 1.14 bits per heavy atom. The van der Waals surface area contributed by atoms with Crippen LogP contribution in [0.4, 0.5) is 0 Å². The minimum absolute atomic E-state index is 0.112.